The summed E-state index contributed by atoms with van der Waals surface area (Å²) in [5.41, 5.74) is -4.12. The molecule has 0 aliphatic carbocycles. The molecule has 0 aromatic heterocycles. The number of carbonyl (C=O) groups excluding carboxylic acids is 1. The van der Waals surface area contributed by atoms with Crippen molar-refractivity contribution in [1.82, 2.24) is 5.01 Å². The summed E-state index contributed by atoms with van der Waals surface area (Å²) in [6.07, 6.45) is -9.13. The third-order valence-electron chi connectivity index (χ3n) is 3.57. The normalized spacial score (nSPS) is 21.5. The number of nitrogens with zero attached hydrogens (tertiary/aromatic N) is 2. The smallest absolute Gasteiger partial charge is 0.287 e. The Morgan fingerprint density at radius 1 is 1.24 bits per heavy atom. The van der Waals surface area contributed by atoms with E-state index in [0.717, 1.165) is 0 Å². The van der Waals surface area contributed by atoms with E-state index in [2.05, 4.69) is 5.10 Å². The molecule has 0 fully saturated rings. The molecule has 1 aliphatic rings. The summed E-state index contributed by atoms with van der Waals surface area (Å²) in [7, 11) is 1.46. The van der Waals surface area contributed by atoms with Crippen molar-refractivity contribution in [3.63, 3.8) is 0 Å². The first-order valence-corrected chi connectivity index (χ1v) is 7.20. The van der Waals surface area contributed by atoms with Crippen LogP contribution in [0.3, 0.4) is 0 Å². The van der Waals surface area contributed by atoms with Crippen LogP contribution >= 0.6 is 0 Å². The molecule has 138 valence electrons. The molecule has 2 rings (SSSR count). The maximum Gasteiger partial charge on any atom is 0.287 e. The summed E-state index contributed by atoms with van der Waals surface area (Å²) in [6.45, 7) is 1.23. The minimum atomic E-state index is -3.48. The zero-order valence-corrected chi connectivity index (χ0v) is 13.3. The van der Waals surface area contributed by atoms with Crippen LogP contribution in [0.15, 0.2) is 29.4 Å². The average Bonchev–Trinajstić information content (AvgIpc) is 2.94. The number of ether oxygens (including phenoxy) is 2. The predicted molar refractivity (Wildman–Crippen MR) is 78.9 cm³/mol. The number of hydrogen-bond acceptors (Lipinski definition) is 5. The first kappa shape index (κ1) is 19.0. The molecule has 0 radical (unpaired) electrons. The minimum Gasteiger partial charge on any atom is -0.497 e. The van der Waals surface area contributed by atoms with Gasteiger partial charge in [-0.15, -0.1) is 0 Å². The number of methoxy groups -OCH3 is 1. The molecule has 1 N–H and O–H groups in total. The third kappa shape index (κ3) is 3.84. The highest BCUT2D eigenvalue weighted by molar-refractivity contribution is 5.93. The number of benzene rings is 1. The number of hydrazone groups is 1. The second kappa shape index (κ2) is 7.26. The van der Waals surface area contributed by atoms with Crippen LogP contribution in [0.25, 0.3) is 0 Å². The second-order valence-electron chi connectivity index (χ2n) is 5.33. The Morgan fingerprint density at radius 3 is 2.28 bits per heavy atom. The van der Waals surface area contributed by atoms with E-state index in [0.29, 0.717) is 5.75 Å². The third-order valence-corrected chi connectivity index (χ3v) is 3.57. The van der Waals surface area contributed by atoms with Gasteiger partial charge in [-0.3, -0.25) is 4.79 Å². The Labute approximate surface area is 140 Å². The van der Waals surface area contributed by atoms with E-state index in [4.69, 9.17) is 9.47 Å². The van der Waals surface area contributed by atoms with Gasteiger partial charge in [0.25, 0.3) is 18.8 Å². The standard InChI is InChI=1S/C15H16F4N2O4/c1-8(25-10-5-3-9(24-2)4-6-10)13(22)21-15(23,14(18)19)7-11(20-21)12(16)17/h3-6,8,12,14,23H,7H2,1-2H3/t8-,15-/m1/s1. The fourth-order valence-electron chi connectivity index (χ4n) is 2.20. The molecule has 1 aromatic carbocycles. The molecule has 0 saturated heterocycles. The number of aliphatic hydroxyl groups is 1. The molecule has 25 heavy (non-hydrogen) atoms. The predicted octanol–water partition coefficient (Wildman–Crippen LogP) is 2.27. The van der Waals surface area contributed by atoms with E-state index < -0.39 is 42.7 Å². The quantitative estimate of drug-likeness (QED) is 0.786. The number of halogens is 4. The molecule has 1 heterocycles. The molecular formula is C15H16F4N2O4. The SMILES string of the molecule is COc1ccc(O[C@H](C)C(=O)N2N=C(C(F)F)C[C@@]2(O)C(F)F)cc1. The molecule has 1 aromatic rings. The molecule has 0 saturated carbocycles. The largest absolute Gasteiger partial charge is 0.497 e. The van der Waals surface area contributed by atoms with Crippen molar-refractivity contribution in [3.8, 4) is 11.5 Å². The minimum absolute atomic E-state index is 0.0205. The molecule has 2 atom stereocenters. The van der Waals surface area contributed by atoms with Crippen molar-refractivity contribution in [2.45, 2.75) is 38.0 Å². The lowest BCUT2D eigenvalue weighted by Gasteiger charge is -2.31. The van der Waals surface area contributed by atoms with Crippen molar-refractivity contribution >= 4 is 11.6 Å². The molecule has 0 bridgehead atoms. The molecular weight excluding hydrogens is 348 g/mol. The van der Waals surface area contributed by atoms with E-state index >= 15 is 0 Å². The summed E-state index contributed by atoms with van der Waals surface area (Å²) >= 11 is 0. The van der Waals surface area contributed by atoms with Crippen molar-refractivity contribution < 1.29 is 36.9 Å². The maximum absolute atomic E-state index is 13.1. The van der Waals surface area contributed by atoms with E-state index in [1.165, 1.54) is 26.2 Å². The van der Waals surface area contributed by atoms with Crippen molar-refractivity contribution in [3.05, 3.63) is 24.3 Å². The topological polar surface area (TPSA) is 71.4 Å². The fraction of sp³-hybridized carbons (Fsp3) is 0.467. The zero-order valence-electron chi connectivity index (χ0n) is 13.3. The second-order valence-corrected chi connectivity index (χ2v) is 5.33. The zero-order chi connectivity index (χ0) is 18.8. The van der Waals surface area contributed by atoms with Crippen molar-refractivity contribution in [2.24, 2.45) is 5.10 Å². The molecule has 6 nitrogen and oxygen atoms in total. The Balaban J connectivity index is 2.17. The van der Waals surface area contributed by atoms with Crippen LogP contribution in [0.1, 0.15) is 13.3 Å². The number of alkyl halides is 4. The highest BCUT2D eigenvalue weighted by Crippen LogP contribution is 2.34. The van der Waals surface area contributed by atoms with Crippen LogP contribution in [0.2, 0.25) is 0 Å². The van der Waals surface area contributed by atoms with Crippen LogP contribution in [0.4, 0.5) is 17.6 Å². The maximum atomic E-state index is 13.1. The van der Waals surface area contributed by atoms with Crippen LogP contribution in [-0.2, 0) is 4.79 Å². The van der Waals surface area contributed by atoms with Gasteiger partial charge in [-0.25, -0.2) is 17.6 Å². The molecule has 1 aliphatic heterocycles. The van der Waals surface area contributed by atoms with Gasteiger partial charge >= 0.3 is 0 Å². The highest BCUT2D eigenvalue weighted by Gasteiger charge is 2.54. The lowest BCUT2D eigenvalue weighted by atomic mass is 10.1. The van der Waals surface area contributed by atoms with E-state index in [9.17, 15) is 27.5 Å². The first-order valence-electron chi connectivity index (χ1n) is 7.20. The summed E-state index contributed by atoms with van der Waals surface area (Å²) in [5, 5.41) is 13.1. The summed E-state index contributed by atoms with van der Waals surface area (Å²) in [6, 6.07) is 6.04. The van der Waals surface area contributed by atoms with E-state index in [1.54, 1.807) is 12.1 Å². The van der Waals surface area contributed by atoms with Crippen LogP contribution in [0, 0.1) is 0 Å². The molecule has 10 heteroatoms. The van der Waals surface area contributed by atoms with Gasteiger partial charge in [-0.1, -0.05) is 0 Å². The lowest BCUT2D eigenvalue weighted by Crippen LogP contribution is -2.54. The summed E-state index contributed by atoms with van der Waals surface area (Å²) in [5.74, 6) is -0.419. The Bertz CT molecular complexity index is 653. The first-order chi connectivity index (χ1) is 11.7. The Kier molecular flexibility index (Phi) is 5.51. The van der Waals surface area contributed by atoms with Gasteiger partial charge < -0.3 is 14.6 Å². The number of hydrogen-bond donors (Lipinski definition) is 1. The summed E-state index contributed by atoms with van der Waals surface area (Å²) < 4.78 is 62.0. The van der Waals surface area contributed by atoms with Crippen LogP contribution in [0.5, 0.6) is 11.5 Å². The summed E-state index contributed by atoms with van der Waals surface area (Å²) in [4.78, 5) is 12.3. The molecule has 0 unspecified atom stereocenters. The number of amides is 1. The highest BCUT2D eigenvalue weighted by atomic mass is 19.3. The lowest BCUT2D eigenvalue weighted by molar-refractivity contribution is -0.196. The van der Waals surface area contributed by atoms with Gasteiger partial charge in [0.2, 0.25) is 5.72 Å². The Morgan fingerprint density at radius 2 is 1.80 bits per heavy atom. The van der Waals surface area contributed by atoms with Crippen molar-refractivity contribution in [2.75, 3.05) is 7.11 Å². The van der Waals surface area contributed by atoms with E-state index in [-0.39, 0.29) is 10.8 Å². The fourth-order valence-corrected chi connectivity index (χ4v) is 2.20. The monoisotopic (exact) mass is 364 g/mol. The van der Waals surface area contributed by atoms with Crippen LogP contribution in [-0.4, -0.2) is 53.5 Å². The van der Waals surface area contributed by atoms with Gasteiger partial charge in [0.15, 0.2) is 6.10 Å². The van der Waals surface area contributed by atoms with Gasteiger partial charge in [-0.2, -0.15) is 10.1 Å². The molecule has 0 spiro atoms. The number of carbonyl (C=O) groups is 1. The average molecular weight is 364 g/mol. The Hall–Kier alpha value is -2.36. The van der Waals surface area contributed by atoms with Gasteiger partial charge in [0, 0.05) is 6.42 Å². The van der Waals surface area contributed by atoms with Gasteiger partial charge in [0.1, 0.15) is 17.2 Å². The van der Waals surface area contributed by atoms with Gasteiger partial charge in [-0.05, 0) is 31.2 Å². The van der Waals surface area contributed by atoms with Crippen molar-refractivity contribution in [1.29, 1.82) is 0 Å². The number of rotatable bonds is 6. The van der Waals surface area contributed by atoms with E-state index in [1.807, 2.05) is 0 Å². The van der Waals surface area contributed by atoms with Crippen LogP contribution < -0.4 is 9.47 Å². The van der Waals surface area contributed by atoms with Gasteiger partial charge in [0.05, 0.1) is 7.11 Å². The molecule has 1 amide bonds.